The van der Waals surface area contributed by atoms with Gasteiger partial charge in [0.1, 0.15) is 18.1 Å². The van der Waals surface area contributed by atoms with E-state index in [1.54, 1.807) is 54.7 Å². The molecule has 0 spiro atoms. The molecule has 143 heavy (non-hydrogen) atoms. The van der Waals surface area contributed by atoms with Crippen LogP contribution in [-0.2, 0) is 91.0 Å². The van der Waals surface area contributed by atoms with Crippen LogP contribution >= 0.6 is 0 Å². The molecule has 3 aliphatic rings. The maximum absolute atomic E-state index is 14.2. The Bertz CT molecular complexity index is 5220. The molecule has 3 saturated heterocycles. The van der Waals surface area contributed by atoms with Gasteiger partial charge in [-0.15, -0.1) is 0 Å². The second-order valence-corrected chi connectivity index (χ2v) is 41.0. The van der Waals surface area contributed by atoms with Gasteiger partial charge >= 0.3 is 107 Å². The van der Waals surface area contributed by atoms with Crippen LogP contribution in [-0.4, -0.2) is 229 Å². The molecule has 6 heterocycles. The first-order valence-electron chi connectivity index (χ1n) is 51.8. The van der Waals surface area contributed by atoms with Crippen molar-refractivity contribution in [3.63, 3.8) is 0 Å². The Kier molecular flexibility index (Phi) is 56.2. The minimum atomic E-state index is -1.17. The Hall–Kier alpha value is -8.19. The third-order valence-electron chi connectivity index (χ3n) is 26.1. The summed E-state index contributed by atoms with van der Waals surface area (Å²) in [5.74, 6) is -5.62. The Labute approximate surface area is 919 Å². The number of methoxy groups -OCH3 is 3. The van der Waals surface area contributed by atoms with Gasteiger partial charge in [-0.1, -0.05) is 227 Å². The first-order chi connectivity index (χ1) is 66.8. The van der Waals surface area contributed by atoms with Gasteiger partial charge in [-0.3, -0.25) is 56.9 Å². The molecule has 0 radical (unpaired) electrons. The molecule has 36 heteroatoms. The first kappa shape index (κ1) is 125. The Balaban J connectivity index is 0.00000108. The van der Waals surface area contributed by atoms with Gasteiger partial charge in [0.05, 0.1) is 40.6 Å². The monoisotopic (exact) mass is 2020 g/mol. The predicted molar refractivity (Wildman–Crippen MR) is 538 cm³/mol. The number of rotatable bonds is 41. The van der Waals surface area contributed by atoms with Crippen LogP contribution in [0.25, 0.3) is 32.7 Å². The summed E-state index contributed by atoms with van der Waals surface area (Å²) in [6.07, 6.45) is 25.0. The molecule has 6 aromatic rings. The fourth-order valence-corrected chi connectivity index (χ4v) is 19.3. The quantitative estimate of drug-likeness (QED) is 0.0126. The smallest absolute Gasteiger partial charge is 0.870 e. The zero-order chi connectivity index (χ0) is 105. The van der Waals surface area contributed by atoms with E-state index in [0.29, 0.717) is 107 Å². The number of carbonyl (C=O) groups is 12. The topological polar surface area (TPSA) is 470 Å². The maximum Gasteiger partial charge on any atom is 1.00 e. The fraction of sp³-hybridized carbons (Fsp3) is 0.636. The fourth-order valence-electron chi connectivity index (χ4n) is 19.3. The summed E-state index contributed by atoms with van der Waals surface area (Å²) in [5.41, 5.74) is 2.35. The van der Waals surface area contributed by atoms with Crippen molar-refractivity contribution < 1.29 is 197 Å². The van der Waals surface area contributed by atoms with Crippen LogP contribution in [0, 0.1) is 34.0 Å². The molecule has 15 atom stereocenters. The molecular weight excluding hydrogens is 1860 g/mol. The van der Waals surface area contributed by atoms with E-state index in [4.69, 9.17) is 19.7 Å². The molecule has 33 nitrogen and oxygen atoms in total. The SMILES string of the molecule is [2H]C[C@@H]1CCC[C@H](CC)N1C(=O)C[C@@H](CC(C)(C)C)C(=O)N[C@H](Cc1cn(C(=O)OC)c2ccc([2H])cc12)C(=O)N[C@@H]([C-]=O)CCCC.[2H]C[C@@H]1CCC[C@H](CC)N1C(=O)C[C@@H](CC(C)(C)C)C(=O)N[C@H](Cc1cn(C(=O)OC)c2ccccc12)C(=O)N[C@@H]([C-]=O)CCCC.[2H]c1ccc2c(c1)c(C[C@@H](NC(=O)[C@@H](CC(=O)N1[C@H](C)CCC[C@@H]1C)CC(C)(C)C)C(=O)N[C@@H]([C-]=O)CCCC)cn2C(=O)OC.[Na+].[Na+].[Na+].[OH-].[OH-].[OH-]. The molecule has 9 amide bonds. The second-order valence-electron chi connectivity index (χ2n) is 41.0. The molecule has 9 N–H and O–H groups in total. The first-order valence-corrected chi connectivity index (χ1v) is 49.3. The number of fused-ring (bicyclic) bond motifs is 3. The maximum atomic E-state index is 14.2. The summed E-state index contributed by atoms with van der Waals surface area (Å²) < 4.78 is 51.3. The van der Waals surface area contributed by atoms with Crippen LogP contribution in [0.4, 0.5) is 14.4 Å². The van der Waals surface area contributed by atoms with Gasteiger partial charge in [-0.2, -0.15) is 0 Å². The third kappa shape index (κ3) is 39.8. The van der Waals surface area contributed by atoms with Crippen molar-refractivity contribution in [2.75, 3.05) is 21.3 Å². The summed E-state index contributed by atoms with van der Waals surface area (Å²) in [5, 5.41) is 18.8. The van der Waals surface area contributed by atoms with Gasteiger partial charge in [-0.05, 0) is 169 Å². The largest absolute Gasteiger partial charge is 1.00 e. The van der Waals surface area contributed by atoms with Crippen molar-refractivity contribution in [1.82, 2.24) is 60.3 Å². The molecular formula is C107H160N12Na3O21-3. The zero-order valence-corrected chi connectivity index (χ0v) is 95.0. The van der Waals surface area contributed by atoms with E-state index in [1.165, 1.54) is 47.4 Å². The number of aromatic nitrogens is 3. The van der Waals surface area contributed by atoms with Gasteiger partial charge in [-0.25, -0.2) is 33.2 Å². The molecule has 0 aliphatic carbocycles. The van der Waals surface area contributed by atoms with E-state index in [2.05, 4.69) is 31.9 Å². The molecule has 0 unspecified atom stereocenters. The minimum absolute atomic E-state index is 0. The molecule has 0 saturated carbocycles. The van der Waals surface area contributed by atoms with E-state index < -0.39 is 108 Å². The Morgan fingerprint density at radius 1 is 0.392 bits per heavy atom. The van der Waals surface area contributed by atoms with Crippen LogP contribution < -0.4 is 121 Å². The summed E-state index contributed by atoms with van der Waals surface area (Å²) in [7, 11) is 3.80. The molecule has 9 rings (SSSR count). The number of hydrogen-bond acceptors (Lipinski definition) is 21. The number of amides is 9. The Morgan fingerprint density at radius 2 is 0.664 bits per heavy atom. The standard InChI is InChI=1S/2C36H53N4O6.C35H51N4O6.3Na.3H2O/c2*1-8-10-15-27(23-41)37-34(44)30(19-26-22-39(35(45)46-7)31-18-12-11-17-29(26)31)38-33(43)25(21-36(4,5)6)20-32(42)40-24(3)14-13-16-28(40)9-2;1-8-9-15-27(22-40)36-33(43)29(18-26-21-38(34(44)45-7)30-17-11-10-16-28(26)30)37-32(42)25(20-35(4,5)6)19-31(41)39-23(2)13-12-14-24(39)3;;;;;;/h2*11-12,17-18,22,24-25,27-28,30H,8-10,13-16,19-21H2,1-7H3,(H,37,44)(H,38,43);10-11,16-17,21,23-25,27,29H,8-9,12-15,18-20H2,1-7H3,(H,36,43)(H,37,42);;;;3*1H2/q3*-1;3*+1;;;/p-3/t2*24-,25+,27-,28+,30-;23-,24+,25-,27+,29+;;;;;;/m110....../s1/i3D,11D;3D;10D;;;;;;. The van der Waals surface area contributed by atoms with Crippen LogP contribution in [0.2, 0.25) is 0 Å². The van der Waals surface area contributed by atoms with Crippen molar-refractivity contribution in [2.45, 2.75) is 383 Å². The molecule has 3 aromatic carbocycles. The summed E-state index contributed by atoms with van der Waals surface area (Å²) in [6, 6.07) is 11.0. The van der Waals surface area contributed by atoms with Crippen molar-refractivity contribution >= 4 is 123 Å². The van der Waals surface area contributed by atoms with Gasteiger partial charge < -0.3 is 91.6 Å². The van der Waals surface area contributed by atoms with Crippen molar-refractivity contribution in [3.05, 3.63) is 108 Å². The van der Waals surface area contributed by atoms with E-state index in [-0.39, 0.29) is 240 Å². The number of ether oxygens (including phenoxy) is 3. The Morgan fingerprint density at radius 3 is 0.937 bits per heavy atom. The number of carbonyl (C=O) groups excluding carboxylic acids is 15. The van der Waals surface area contributed by atoms with E-state index in [0.717, 1.165) is 89.9 Å². The molecule has 3 aliphatic heterocycles. The summed E-state index contributed by atoms with van der Waals surface area (Å²) >= 11 is 0. The van der Waals surface area contributed by atoms with Crippen molar-refractivity contribution in [1.29, 1.82) is 0 Å². The molecule has 0 bridgehead atoms. The minimum Gasteiger partial charge on any atom is -0.870 e. The number of piperidine rings is 3. The van der Waals surface area contributed by atoms with Gasteiger partial charge in [0.25, 0.3) is 0 Å². The number of hydrogen-bond donors (Lipinski definition) is 6. The average Bonchev–Trinajstić information content (AvgIpc) is 1.64. The third-order valence-corrected chi connectivity index (χ3v) is 26.1. The van der Waals surface area contributed by atoms with Gasteiger partial charge in [0, 0.05) is 130 Å². The number of nitrogens with zero attached hydrogens (tertiary/aromatic N) is 6. The normalized spacial score (nSPS) is 18.4. The van der Waals surface area contributed by atoms with E-state index in [1.807, 2.05) is 156 Å². The predicted octanol–water partition coefficient (Wildman–Crippen LogP) is 7.16. The molecule has 3 fully saturated rings. The second kappa shape index (κ2) is 64.2. The summed E-state index contributed by atoms with van der Waals surface area (Å²) in [6.45, 7) is 32.3. The molecule has 3 aromatic heterocycles. The number of nitrogens with one attached hydrogen (secondary N) is 6. The number of unbranched alkanes of at least 4 members (excludes halogenated alkanes) is 3. The number of para-hydroxylation sites is 3. The number of likely N-dealkylation sites (tertiary alicyclic amines) is 3. The zero-order valence-electron chi connectivity index (χ0n) is 93.0. The van der Waals surface area contributed by atoms with Crippen LogP contribution in [0.15, 0.2) is 91.3 Å². The van der Waals surface area contributed by atoms with Crippen LogP contribution in [0.1, 0.15) is 314 Å². The van der Waals surface area contributed by atoms with E-state index >= 15 is 0 Å². The summed E-state index contributed by atoms with van der Waals surface area (Å²) in [4.78, 5) is 204. The van der Waals surface area contributed by atoms with Crippen molar-refractivity contribution in [2.24, 2.45) is 34.0 Å². The van der Waals surface area contributed by atoms with Crippen LogP contribution in [0.5, 0.6) is 0 Å². The van der Waals surface area contributed by atoms with Gasteiger partial charge in [0.2, 0.25) is 53.2 Å². The van der Waals surface area contributed by atoms with E-state index in [9.17, 15) is 71.9 Å². The van der Waals surface area contributed by atoms with Gasteiger partial charge in [0.15, 0.2) is 0 Å². The van der Waals surface area contributed by atoms with Crippen molar-refractivity contribution in [3.8, 4) is 0 Å². The number of benzene rings is 3. The molecule has 780 valence electrons. The van der Waals surface area contributed by atoms with Crippen LogP contribution in [0.3, 0.4) is 0 Å². The average molecular weight is 2020 g/mol.